The van der Waals surface area contributed by atoms with Crippen LogP contribution in [-0.2, 0) is 6.54 Å². The summed E-state index contributed by atoms with van der Waals surface area (Å²) >= 11 is 0. The lowest BCUT2D eigenvalue weighted by atomic mass is 10.3. The lowest BCUT2D eigenvalue weighted by Gasteiger charge is -2.14. The summed E-state index contributed by atoms with van der Waals surface area (Å²) in [4.78, 5) is 16.5. The molecule has 0 aromatic carbocycles. The van der Waals surface area contributed by atoms with Crippen molar-refractivity contribution in [3.63, 3.8) is 0 Å². The minimum atomic E-state index is 0.0855. The van der Waals surface area contributed by atoms with Crippen molar-refractivity contribution in [1.82, 2.24) is 34.3 Å². The summed E-state index contributed by atoms with van der Waals surface area (Å²) in [5.74, 6) is 1.00. The number of imidazole rings is 1. The summed E-state index contributed by atoms with van der Waals surface area (Å²) in [5, 5.41) is 7.35. The first kappa shape index (κ1) is 13.0. The predicted octanol–water partition coefficient (Wildman–Crippen LogP) is 0.337. The van der Waals surface area contributed by atoms with Crippen molar-refractivity contribution in [3.8, 4) is 5.95 Å². The SMILES string of the molecule is CC(Cn1cccn1)Nc1nc(N)nc(-n2ccnc2)n1. The van der Waals surface area contributed by atoms with Crippen LogP contribution in [0.1, 0.15) is 6.92 Å². The first-order valence-electron chi connectivity index (χ1n) is 6.44. The third-order valence-electron chi connectivity index (χ3n) is 2.77. The molecule has 1 atom stereocenters. The number of hydrogen-bond donors (Lipinski definition) is 2. The van der Waals surface area contributed by atoms with Gasteiger partial charge < -0.3 is 11.1 Å². The van der Waals surface area contributed by atoms with Gasteiger partial charge in [0, 0.05) is 30.8 Å². The van der Waals surface area contributed by atoms with Crippen molar-refractivity contribution >= 4 is 11.9 Å². The molecule has 9 heteroatoms. The molecule has 3 aromatic rings. The van der Waals surface area contributed by atoms with E-state index in [1.165, 1.54) is 0 Å². The van der Waals surface area contributed by atoms with Crippen LogP contribution in [0.25, 0.3) is 5.95 Å². The molecule has 0 aliphatic carbocycles. The lowest BCUT2D eigenvalue weighted by molar-refractivity contribution is 0.558. The molecule has 3 heterocycles. The molecule has 9 nitrogen and oxygen atoms in total. The predicted molar refractivity (Wildman–Crippen MR) is 76.7 cm³/mol. The van der Waals surface area contributed by atoms with E-state index in [2.05, 4.69) is 30.4 Å². The molecule has 0 radical (unpaired) electrons. The largest absolute Gasteiger partial charge is 0.368 e. The Bertz CT molecular complexity index is 690. The van der Waals surface area contributed by atoms with Crippen LogP contribution in [0.5, 0.6) is 0 Å². The highest BCUT2D eigenvalue weighted by Crippen LogP contribution is 2.08. The number of nitrogens with zero attached hydrogens (tertiary/aromatic N) is 7. The van der Waals surface area contributed by atoms with Gasteiger partial charge >= 0.3 is 0 Å². The van der Waals surface area contributed by atoms with Gasteiger partial charge in [-0.3, -0.25) is 9.25 Å². The summed E-state index contributed by atoms with van der Waals surface area (Å²) in [6.45, 7) is 2.71. The third kappa shape index (κ3) is 3.14. The van der Waals surface area contributed by atoms with Crippen LogP contribution in [-0.4, -0.2) is 40.3 Å². The molecule has 3 N–H and O–H groups in total. The number of nitrogens with one attached hydrogen (secondary N) is 1. The molecule has 21 heavy (non-hydrogen) atoms. The summed E-state index contributed by atoms with van der Waals surface area (Å²) in [5.41, 5.74) is 5.72. The number of hydrogen-bond acceptors (Lipinski definition) is 7. The Balaban J connectivity index is 1.76. The van der Waals surface area contributed by atoms with E-state index in [1.54, 1.807) is 29.5 Å². The van der Waals surface area contributed by atoms with Gasteiger partial charge in [-0.1, -0.05) is 0 Å². The van der Waals surface area contributed by atoms with Gasteiger partial charge in [-0.05, 0) is 13.0 Å². The first-order valence-corrected chi connectivity index (χ1v) is 6.44. The third-order valence-corrected chi connectivity index (χ3v) is 2.77. The number of aromatic nitrogens is 7. The van der Waals surface area contributed by atoms with Crippen molar-refractivity contribution < 1.29 is 0 Å². The molecule has 0 bridgehead atoms. The fraction of sp³-hybridized carbons (Fsp3) is 0.250. The highest BCUT2D eigenvalue weighted by molar-refractivity contribution is 5.35. The van der Waals surface area contributed by atoms with Gasteiger partial charge in [0.25, 0.3) is 0 Å². The Kier molecular flexibility index (Phi) is 3.46. The van der Waals surface area contributed by atoms with Gasteiger partial charge in [0.15, 0.2) is 0 Å². The smallest absolute Gasteiger partial charge is 0.241 e. The molecule has 0 spiro atoms. The van der Waals surface area contributed by atoms with Gasteiger partial charge in [0.2, 0.25) is 17.8 Å². The Morgan fingerprint density at radius 3 is 2.86 bits per heavy atom. The van der Waals surface area contributed by atoms with Crippen molar-refractivity contribution in [2.45, 2.75) is 19.5 Å². The zero-order valence-corrected chi connectivity index (χ0v) is 11.5. The molecule has 108 valence electrons. The average molecular weight is 285 g/mol. The van der Waals surface area contributed by atoms with Gasteiger partial charge in [-0.2, -0.15) is 20.1 Å². The molecule has 0 aliphatic rings. The Hall–Kier alpha value is -2.97. The van der Waals surface area contributed by atoms with Crippen LogP contribution >= 0.6 is 0 Å². The number of rotatable bonds is 5. The van der Waals surface area contributed by atoms with Gasteiger partial charge in [-0.15, -0.1) is 0 Å². The second-order valence-electron chi connectivity index (χ2n) is 4.56. The maximum absolute atomic E-state index is 5.72. The monoisotopic (exact) mass is 285 g/mol. The standard InChI is InChI=1S/C12H15N9/c1-9(7-21-5-2-3-15-21)16-11-17-10(13)18-12(19-11)20-6-4-14-8-20/h2-6,8-9H,7H2,1H3,(H3,13,16,17,18,19). The number of nitrogens with two attached hydrogens (primary N) is 1. The van der Waals surface area contributed by atoms with E-state index in [0.29, 0.717) is 18.4 Å². The fourth-order valence-corrected chi connectivity index (χ4v) is 1.89. The summed E-state index contributed by atoms with van der Waals surface area (Å²) in [6.07, 6.45) is 8.63. The Morgan fingerprint density at radius 1 is 1.24 bits per heavy atom. The zero-order valence-electron chi connectivity index (χ0n) is 11.5. The van der Waals surface area contributed by atoms with Crippen LogP contribution < -0.4 is 11.1 Å². The molecule has 0 aliphatic heterocycles. The average Bonchev–Trinajstić information content (AvgIpc) is 3.10. The van der Waals surface area contributed by atoms with E-state index in [9.17, 15) is 0 Å². The fourth-order valence-electron chi connectivity index (χ4n) is 1.89. The number of nitrogen functional groups attached to an aromatic ring is 1. The highest BCUT2D eigenvalue weighted by Gasteiger charge is 2.09. The second kappa shape index (κ2) is 5.57. The quantitative estimate of drug-likeness (QED) is 0.694. The van der Waals surface area contributed by atoms with Crippen molar-refractivity contribution in [1.29, 1.82) is 0 Å². The van der Waals surface area contributed by atoms with Crippen LogP contribution in [0.15, 0.2) is 37.2 Å². The van der Waals surface area contributed by atoms with E-state index in [1.807, 2.05) is 23.9 Å². The molecule has 3 rings (SSSR count). The molecule has 0 amide bonds. The van der Waals surface area contributed by atoms with E-state index >= 15 is 0 Å². The molecular formula is C12H15N9. The highest BCUT2D eigenvalue weighted by atomic mass is 15.3. The van der Waals surface area contributed by atoms with Crippen molar-refractivity contribution in [2.24, 2.45) is 0 Å². The van der Waals surface area contributed by atoms with Crippen molar-refractivity contribution in [2.75, 3.05) is 11.1 Å². The van der Waals surface area contributed by atoms with Gasteiger partial charge in [0.1, 0.15) is 6.33 Å². The number of anilines is 2. The van der Waals surface area contributed by atoms with E-state index < -0.39 is 0 Å². The molecular weight excluding hydrogens is 270 g/mol. The summed E-state index contributed by atoms with van der Waals surface area (Å²) in [6, 6.07) is 1.97. The van der Waals surface area contributed by atoms with Crippen molar-refractivity contribution in [3.05, 3.63) is 37.2 Å². The maximum atomic E-state index is 5.72. The van der Waals surface area contributed by atoms with Crippen LogP contribution in [0.3, 0.4) is 0 Å². The van der Waals surface area contributed by atoms with Gasteiger partial charge in [0.05, 0.1) is 6.54 Å². The molecule has 1 unspecified atom stereocenters. The van der Waals surface area contributed by atoms with Gasteiger partial charge in [-0.25, -0.2) is 4.98 Å². The zero-order chi connectivity index (χ0) is 14.7. The minimum absolute atomic E-state index is 0.0855. The molecule has 3 aromatic heterocycles. The second-order valence-corrected chi connectivity index (χ2v) is 4.56. The minimum Gasteiger partial charge on any atom is -0.368 e. The van der Waals surface area contributed by atoms with Crippen LogP contribution in [0.2, 0.25) is 0 Å². The molecule has 0 fully saturated rings. The Labute approximate surface area is 120 Å². The normalized spacial score (nSPS) is 12.2. The topological polar surface area (TPSA) is 112 Å². The van der Waals surface area contributed by atoms with E-state index in [4.69, 9.17) is 5.73 Å². The maximum Gasteiger partial charge on any atom is 0.241 e. The summed E-state index contributed by atoms with van der Waals surface area (Å²) < 4.78 is 3.50. The molecule has 0 saturated carbocycles. The lowest BCUT2D eigenvalue weighted by Crippen LogP contribution is -2.24. The summed E-state index contributed by atoms with van der Waals surface area (Å²) in [7, 11) is 0. The Morgan fingerprint density at radius 2 is 2.14 bits per heavy atom. The first-order chi connectivity index (χ1) is 10.2. The van der Waals surface area contributed by atoms with E-state index in [0.717, 1.165) is 0 Å². The van der Waals surface area contributed by atoms with E-state index in [-0.39, 0.29) is 12.0 Å². The van der Waals surface area contributed by atoms with Crippen LogP contribution in [0, 0.1) is 0 Å². The molecule has 0 saturated heterocycles. The van der Waals surface area contributed by atoms with Crippen LogP contribution in [0.4, 0.5) is 11.9 Å².